The second-order valence-electron chi connectivity index (χ2n) is 6.40. The minimum atomic E-state index is 0.798. The van der Waals surface area contributed by atoms with E-state index in [1.165, 1.54) is 5.56 Å². The Kier molecular flexibility index (Phi) is 5.29. The summed E-state index contributed by atoms with van der Waals surface area (Å²) in [5.74, 6) is 1.73. The van der Waals surface area contributed by atoms with Gasteiger partial charge in [0.15, 0.2) is 11.1 Å². The number of guanidine groups is 1. The number of pyridine rings is 1. The molecule has 0 bridgehead atoms. The summed E-state index contributed by atoms with van der Waals surface area (Å²) < 4.78 is 0. The summed E-state index contributed by atoms with van der Waals surface area (Å²) in [4.78, 5) is 16.0. The molecule has 0 saturated heterocycles. The van der Waals surface area contributed by atoms with Crippen molar-refractivity contribution in [2.45, 2.75) is 13.0 Å². The topological polar surface area (TPSA) is 65.4 Å². The molecule has 6 nitrogen and oxygen atoms in total. The van der Waals surface area contributed by atoms with E-state index in [2.05, 4.69) is 56.8 Å². The summed E-state index contributed by atoms with van der Waals surface area (Å²) in [6.07, 6.45) is 1.07. The van der Waals surface area contributed by atoms with Crippen molar-refractivity contribution in [3.8, 4) is 11.4 Å². The summed E-state index contributed by atoms with van der Waals surface area (Å²) in [6.45, 7) is 2.61. The Labute approximate surface area is 163 Å². The molecule has 1 aliphatic heterocycles. The van der Waals surface area contributed by atoms with Crippen molar-refractivity contribution in [3.05, 3.63) is 59.5 Å². The summed E-state index contributed by atoms with van der Waals surface area (Å²) >= 11 is 1.56. The number of nitrogens with one attached hydrogen (secondary N) is 2. The molecular formula is C20H22N6S. The number of aliphatic imine (C=N–C) groups is 1. The first kappa shape index (κ1) is 17.5. The predicted octanol–water partition coefficient (Wildman–Crippen LogP) is 3.60. The van der Waals surface area contributed by atoms with Crippen molar-refractivity contribution in [1.82, 2.24) is 15.3 Å². The third-order valence-corrected chi connectivity index (χ3v) is 5.03. The van der Waals surface area contributed by atoms with Crippen LogP contribution in [0.15, 0.2) is 58.9 Å². The zero-order valence-electron chi connectivity index (χ0n) is 15.2. The molecule has 138 valence electrons. The predicted molar refractivity (Wildman–Crippen MR) is 112 cm³/mol. The van der Waals surface area contributed by atoms with Crippen LogP contribution in [0.1, 0.15) is 12.0 Å². The number of hydrogen-bond acceptors (Lipinski definition) is 7. The minimum Gasteiger partial charge on any atom is -0.356 e. The van der Waals surface area contributed by atoms with Crippen LogP contribution in [0.5, 0.6) is 0 Å². The van der Waals surface area contributed by atoms with Gasteiger partial charge in [-0.25, -0.2) is 9.97 Å². The van der Waals surface area contributed by atoms with Gasteiger partial charge in [0.25, 0.3) is 0 Å². The fourth-order valence-electron chi connectivity index (χ4n) is 2.88. The van der Waals surface area contributed by atoms with Crippen LogP contribution in [0.25, 0.3) is 11.4 Å². The summed E-state index contributed by atoms with van der Waals surface area (Å²) in [6, 6.07) is 16.4. The Morgan fingerprint density at radius 3 is 2.78 bits per heavy atom. The van der Waals surface area contributed by atoms with E-state index in [-0.39, 0.29) is 0 Å². The van der Waals surface area contributed by atoms with E-state index in [0.29, 0.717) is 0 Å². The van der Waals surface area contributed by atoms with Crippen LogP contribution in [0, 0.1) is 0 Å². The molecule has 1 aliphatic rings. The van der Waals surface area contributed by atoms with Gasteiger partial charge in [-0.3, -0.25) is 4.99 Å². The van der Waals surface area contributed by atoms with Crippen LogP contribution in [0.3, 0.4) is 0 Å². The molecule has 0 atom stereocenters. The van der Waals surface area contributed by atoms with Gasteiger partial charge in [0.1, 0.15) is 11.5 Å². The standard InChI is InChI=1S/C20H22N6S/c1-26(13-15-7-3-2-4-8-15)18-10-5-9-16(23-18)17-14-27-20(24-17)25-19-21-11-6-12-22-19/h2-5,7-10,14H,6,11-13H2,1H3,(H2,21,22,24,25). The molecule has 2 aromatic heterocycles. The zero-order valence-corrected chi connectivity index (χ0v) is 16.0. The molecule has 1 aromatic carbocycles. The molecule has 0 fully saturated rings. The summed E-state index contributed by atoms with van der Waals surface area (Å²) in [5, 5.41) is 9.34. The van der Waals surface area contributed by atoms with Crippen LogP contribution < -0.4 is 15.5 Å². The molecule has 0 radical (unpaired) electrons. The zero-order chi connectivity index (χ0) is 18.5. The Morgan fingerprint density at radius 1 is 1.07 bits per heavy atom. The maximum atomic E-state index is 4.80. The van der Waals surface area contributed by atoms with Gasteiger partial charge in [0, 0.05) is 32.1 Å². The lowest BCUT2D eigenvalue weighted by atomic mass is 10.2. The third kappa shape index (κ3) is 4.43. The number of benzene rings is 1. The molecule has 27 heavy (non-hydrogen) atoms. The van der Waals surface area contributed by atoms with E-state index >= 15 is 0 Å². The second kappa shape index (κ2) is 8.18. The van der Waals surface area contributed by atoms with Gasteiger partial charge in [-0.15, -0.1) is 11.3 Å². The van der Waals surface area contributed by atoms with Crippen LogP contribution in [0.4, 0.5) is 10.9 Å². The molecule has 0 aliphatic carbocycles. The first-order valence-corrected chi connectivity index (χ1v) is 9.89. The van der Waals surface area contributed by atoms with Crippen LogP contribution in [-0.2, 0) is 6.54 Å². The largest absolute Gasteiger partial charge is 0.356 e. The van der Waals surface area contributed by atoms with E-state index in [9.17, 15) is 0 Å². The van der Waals surface area contributed by atoms with E-state index in [0.717, 1.165) is 54.4 Å². The number of aromatic nitrogens is 2. The van der Waals surface area contributed by atoms with Crippen molar-refractivity contribution in [2.75, 3.05) is 30.4 Å². The van der Waals surface area contributed by atoms with Gasteiger partial charge in [0.05, 0.1) is 5.69 Å². The van der Waals surface area contributed by atoms with Crippen LogP contribution >= 0.6 is 11.3 Å². The quantitative estimate of drug-likeness (QED) is 0.710. The average Bonchev–Trinajstić information content (AvgIpc) is 3.18. The minimum absolute atomic E-state index is 0.798. The highest BCUT2D eigenvalue weighted by Crippen LogP contribution is 2.25. The van der Waals surface area contributed by atoms with E-state index in [1.54, 1.807) is 11.3 Å². The number of rotatable bonds is 5. The molecule has 7 heteroatoms. The first-order valence-electron chi connectivity index (χ1n) is 9.01. The molecule has 0 unspecified atom stereocenters. The molecule has 0 spiro atoms. The Morgan fingerprint density at radius 2 is 1.96 bits per heavy atom. The van der Waals surface area contributed by atoms with Gasteiger partial charge < -0.3 is 15.5 Å². The highest BCUT2D eigenvalue weighted by atomic mass is 32.1. The normalized spacial score (nSPS) is 13.6. The maximum Gasteiger partial charge on any atom is 0.197 e. The lowest BCUT2D eigenvalue weighted by Crippen LogP contribution is -2.35. The summed E-state index contributed by atoms with van der Waals surface area (Å²) in [7, 11) is 2.06. The highest BCUT2D eigenvalue weighted by molar-refractivity contribution is 7.14. The van der Waals surface area contributed by atoms with Crippen LogP contribution in [0.2, 0.25) is 0 Å². The lowest BCUT2D eigenvalue weighted by molar-refractivity contribution is 0.740. The van der Waals surface area contributed by atoms with E-state index in [1.807, 2.05) is 29.6 Å². The Balaban J connectivity index is 1.48. The van der Waals surface area contributed by atoms with Gasteiger partial charge in [0.2, 0.25) is 0 Å². The van der Waals surface area contributed by atoms with Crippen molar-refractivity contribution < 1.29 is 0 Å². The molecule has 0 amide bonds. The smallest absolute Gasteiger partial charge is 0.197 e. The monoisotopic (exact) mass is 378 g/mol. The van der Waals surface area contributed by atoms with E-state index < -0.39 is 0 Å². The molecule has 3 heterocycles. The average molecular weight is 379 g/mol. The maximum absolute atomic E-state index is 4.80. The van der Waals surface area contributed by atoms with Crippen molar-refractivity contribution >= 4 is 28.2 Å². The van der Waals surface area contributed by atoms with Crippen molar-refractivity contribution in [2.24, 2.45) is 4.99 Å². The highest BCUT2D eigenvalue weighted by Gasteiger charge is 2.11. The second-order valence-corrected chi connectivity index (χ2v) is 7.25. The fraction of sp³-hybridized carbons (Fsp3) is 0.250. The molecule has 3 aromatic rings. The molecule has 0 saturated carbocycles. The molecule has 2 N–H and O–H groups in total. The Bertz CT molecular complexity index is 921. The van der Waals surface area contributed by atoms with Gasteiger partial charge >= 0.3 is 0 Å². The van der Waals surface area contributed by atoms with E-state index in [4.69, 9.17) is 4.98 Å². The SMILES string of the molecule is CN(Cc1ccccc1)c1cccc(-c2csc(NC3=NCCCN3)n2)n1. The van der Waals surface area contributed by atoms with Crippen molar-refractivity contribution in [1.29, 1.82) is 0 Å². The Hall–Kier alpha value is -2.93. The first-order chi connectivity index (χ1) is 13.3. The number of nitrogens with zero attached hydrogens (tertiary/aromatic N) is 4. The summed E-state index contributed by atoms with van der Waals surface area (Å²) in [5.41, 5.74) is 3.00. The van der Waals surface area contributed by atoms with Gasteiger partial charge in [-0.05, 0) is 24.1 Å². The third-order valence-electron chi connectivity index (χ3n) is 4.28. The fourth-order valence-corrected chi connectivity index (χ4v) is 3.59. The number of anilines is 2. The molecule has 4 rings (SSSR count). The van der Waals surface area contributed by atoms with Crippen molar-refractivity contribution in [3.63, 3.8) is 0 Å². The van der Waals surface area contributed by atoms with Gasteiger partial charge in [-0.1, -0.05) is 36.4 Å². The molecular weight excluding hydrogens is 356 g/mol. The number of thiazole rings is 1. The van der Waals surface area contributed by atoms with Gasteiger partial charge in [-0.2, -0.15) is 0 Å². The van der Waals surface area contributed by atoms with Crippen LogP contribution in [-0.4, -0.2) is 36.1 Å². The number of hydrogen-bond donors (Lipinski definition) is 2. The lowest BCUT2D eigenvalue weighted by Gasteiger charge is -2.18.